The maximum Gasteiger partial charge on any atom is 0.255 e. The summed E-state index contributed by atoms with van der Waals surface area (Å²) in [6.07, 6.45) is 1.56. The number of nitrogens with one attached hydrogen (secondary N) is 1. The molecule has 0 saturated heterocycles. The fourth-order valence-electron chi connectivity index (χ4n) is 3.85. The van der Waals surface area contributed by atoms with Crippen LogP contribution >= 0.6 is 11.6 Å². The van der Waals surface area contributed by atoms with Gasteiger partial charge in [0.25, 0.3) is 5.91 Å². The molecule has 2 heterocycles. The highest BCUT2D eigenvalue weighted by Gasteiger charge is 2.34. The Bertz CT molecular complexity index is 1180. The molecule has 2 N–H and O–H groups in total. The van der Waals surface area contributed by atoms with Crippen molar-refractivity contribution in [2.24, 2.45) is 0 Å². The molecule has 4 rings (SSSR count). The zero-order valence-corrected chi connectivity index (χ0v) is 18.5. The van der Waals surface area contributed by atoms with Crippen molar-refractivity contribution in [1.29, 1.82) is 0 Å². The van der Waals surface area contributed by atoms with E-state index in [1.807, 2.05) is 43.3 Å². The molecule has 0 spiro atoms. The van der Waals surface area contributed by atoms with Crippen LogP contribution in [-0.4, -0.2) is 44.4 Å². The Morgan fingerprint density at radius 3 is 2.78 bits per heavy atom. The third kappa shape index (κ3) is 4.35. The van der Waals surface area contributed by atoms with Crippen LogP contribution in [0.4, 0.5) is 0 Å². The summed E-state index contributed by atoms with van der Waals surface area (Å²) in [5.74, 6) is -0.546. The highest BCUT2D eigenvalue weighted by molar-refractivity contribution is 6.28. The van der Waals surface area contributed by atoms with Crippen LogP contribution in [0.5, 0.6) is 0 Å². The topological polar surface area (TPSA) is 95.4 Å². The number of benzene rings is 2. The van der Waals surface area contributed by atoms with Gasteiger partial charge in [-0.05, 0) is 48.7 Å². The molecular formula is C24H23ClN4O3. The minimum Gasteiger partial charge on any atom is -0.394 e. The molecule has 0 fully saturated rings. The molecule has 0 bridgehead atoms. The fraction of sp³-hybridized carbons (Fsp3) is 0.250. The van der Waals surface area contributed by atoms with Crippen LogP contribution in [0, 0.1) is 6.92 Å². The molecule has 0 radical (unpaired) electrons. The SMILES string of the molecule is Cc1cccc([C@@H](CO)NC(=O)[C@@H](C)N2Cc3ccc(-c4ccnc(Cl)n4)cc3C2=O)c1. The van der Waals surface area contributed by atoms with Crippen LogP contribution in [0.15, 0.2) is 54.7 Å². The Labute approximate surface area is 191 Å². The number of hydrogen-bond donors (Lipinski definition) is 2. The summed E-state index contributed by atoms with van der Waals surface area (Å²) in [4.78, 5) is 35.6. The Kier molecular flexibility index (Phi) is 6.21. The van der Waals surface area contributed by atoms with Crippen LogP contribution < -0.4 is 5.32 Å². The number of carbonyl (C=O) groups is 2. The predicted molar refractivity (Wildman–Crippen MR) is 121 cm³/mol. The van der Waals surface area contributed by atoms with Gasteiger partial charge in [0.2, 0.25) is 11.2 Å². The Balaban J connectivity index is 1.51. The number of fused-ring (bicyclic) bond motifs is 1. The van der Waals surface area contributed by atoms with E-state index in [0.29, 0.717) is 17.8 Å². The second-order valence-corrected chi connectivity index (χ2v) is 8.19. The van der Waals surface area contributed by atoms with Crippen LogP contribution in [0.25, 0.3) is 11.3 Å². The standard InChI is InChI=1S/C24H23ClN4O3/c1-14-4-3-5-16(10-14)21(13-30)27-22(31)15(2)29-12-18-7-6-17(11-19(18)23(29)32)20-8-9-26-24(25)28-20/h3-11,15,21,30H,12-13H2,1-2H3,(H,27,31)/t15-,21-/m1/s1. The minimum absolute atomic E-state index is 0.133. The van der Waals surface area contributed by atoms with Gasteiger partial charge < -0.3 is 15.3 Å². The third-order valence-electron chi connectivity index (χ3n) is 5.65. The van der Waals surface area contributed by atoms with Crippen molar-refractivity contribution in [2.45, 2.75) is 32.5 Å². The van der Waals surface area contributed by atoms with Crippen molar-refractivity contribution in [3.63, 3.8) is 0 Å². The van der Waals surface area contributed by atoms with E-state index in [1.54, 1.807) is 25.3 Å². The van der Waals surface area contributed by atoms with E-state index in [1.165, 1.54) is 4.90 Å². The van der Waals surface area contributed by atoms with Crippen molar-refractivity contribution < 1.29 is 14.7 Å². The first-order chi connectivity index (χ1) is 15.4. The summed E-state index contributed by atoms with van der Waals surface area (Å²) in [7, 11) is 0. The van der Waals surface area contributed by atoms with Crippen molar-refractivity contribution >= 4 is 23.4 Å². The van der Waals surface area contributed by atoms with E-state index in [2.05, 4.69) is 15.3 Å². The molecule has 2 atom stereocenters. The number of hydrogen-bond acceptors (Lipinski definition) is 5. The number of carbonyl (C=O) groups excluding carboxylic acids is 2. The maximum atomic E-state index is 13.1. The van der Waals surface area contributed by atoms with E-state index in [0.717, 1.165) is 22.3 Å². The number of aliphatic hydroxyl groups excluding tert-OH is 1. The van der Waals surface area contributed by atoms with Gasteiger partial charge in [0.1, 0.15) is 6.04 Å². The lowest BCUT2D eigenvalue weighted by Crippen LogP contribution is -2.46. The lowest BCUT2D eigenvalue weighted by Gasteiger charge is -2.26. The number of aromatic nitrogens is 2. The molecule has 1 aliphatic heterocycles. The summed E-state index contributed by atoms with van der Waals surface area (Å²) >= 11 is 5.89. The number of nitrogens with zero attached hydrogens (tertiary/aromatic N) is 3. The fourth-order valence-corrected chi connectivity index (χ4v) is 3.99. The second-order valence-electron chi connectivity index (χ2n) is 7.85. The van der Waals surface area contributed by atoms with Gasteiger partial charge in [-0.3, -0.25) is 9.59 Å². The number of rotatable bonds is 6. The quantitative estimate of drug-likeness (QED) is 0.562. The van der Waals surface area contributed by atoms with Gasteiger partial charge in [-0.15, -0.1) is 0 Å². The van der Waals surface area contributed by atoms with Crippen molar-refractivity contribution in [3.8, 4) is 11.3 Å². The van der Waals surface area contributed by atoms with Gasteiger partial charge in [0.05, 0.1) is 18.3 Å². The van der Waals surface area contributed by atoms with Crippen LogP contribution in [0.1, 0.15) is 40.0 Å². The molecule has 32 heavy (non-hydrogen) atoms. The summed E-state index contributed by atoms with van der Waals surface area (Å²) in [5.41, 5.74) is 4.60. The molecular weight excluding hydrogens is 428 g/mol. The first-order valence-corrected chi connectivity index (χ1v) is 10.7. The van der Waals surface area contributed by atoms with E-state index < -0.39 is 12.1 Å². The lowest BCUT2D eigenvalue weighted by atomic mass is 10.0. The average Bonchev–Trinajstić information content (AvgIpc) is 3.12. The molecule has 2 aromatic carbocycles. The van der Waals surface area contributed by atoms with Crippen LogP contribution in [0.3, 0.4) is 0 Å². The Hall–Kier alpha value is -3.29. The zero-order chi connectivity index (χ0) is 22.8. The van der Waals surface area contributed by atoms with E-state index in [-0.39, 0.29) is 23.7 Å². The van der Waals surface area contributed by atoms with Gasteiger partial charge in [0.15, 0.2) is 0 Å². The molecule has 1 aromatic heterocycles. The molecule has 0 saturated carbocycles. The highest BCUT2D eigenvalue weighted by atomic mass is 35.5. The van der Waals surface area contributed by atoms with Gasteiger partial charge in [-0.1, -0.05) is 42.0 Å². The van der Waals surface area contributed by atoms with Crippen molar-refractivity contribution in [3.05, 3.63) is 82.3 Å². The summed E-state index contributed by atoms with van der Waals surface area (Å²) in [5, 5.41) is 12.8. The van der Waals surface area contributed by atoms with Crippen LogP contribution in [0.2, 0.25) is 5.28 Å². The normalized spacial score (nSPS) is 14.8. The highest BCUT2D eigenvalue weighted by Crippen LogP contribution is 2.29. The predicted octanol–water partition coefficient (Wildman–Crippen LogP) is 3.30. The third-order valence-corrected chi connectivity index (χ3v) is 5.84. The smallest absolute Gasteiger partial charge is 0.255 e. The monoisotopic (exact) mass is 450 g/mol. The van der Waals surface area contributed by atoms with Gasteiger partial charge >= 0.3 is 0 Å². The van der Waals surface area contributed by atoms with Gasteiger partial charge in [0, 0.05) is 23.9 Å². The van der Waals surface area contributed by atoms with E-state index in [4.69, 9.17) is 11.6 Å². The number of aryl methyl sites for hydroxylation is 1. The molecule has 8 heteroatoms. The Morgan fingerprint density at radius 2 is 2.06 bits per heavy atom. The van der Waals surface area contributed by atoms with Gasteiger partial charge in [-0.25, -0.2) is 9.97 Å². The number of aliphatic hydroxyl groups is 1. The van der Waals surface area contributed by atoms with E-state index in [9.17, 15) is 14.7 Å². The average molecular weight is 451 g/mol. The molecule has 7 nitrogen and oxygen atoms in total. The summed E-state index contributed by atoms with van der Waals surface area (Å²) in [6, 6.07) is 13.6. The first kappa shape index (κ1) is 21.9. The van der Waals surface area contributed by atoms with Crippen molar-refractivity contribution in [1.82, 2.24) is 20.2 Å². The summed E-state index contributed by atoms with van der Waals surface area (Å²) < 4.78 is 0. The Morgan fingerprint density at radius 1 is 1.25 bits per heavy atom. The molecule has 164 valence electrons. The zero-order valence-electron chi connectivity index (χ0n) is 17.7. The summed E-state index contributed by atoms with van der Waals surface area (Å²) in [6.45, 7) is 3.74. The lowest BCUT2D eigenvalue weighted by molar-refractivity contribution is -0.126. The number of amides is 2. The molecule has 1 aliphatic rings. The number of halogens is 1. The molecule has 0 unspecified atom stereocenters. The second kappa shape index (κ2) is 9.06. The van der Waals surface area contributed by atoms with Gasteiger partial charge in [-0.2, -0.15) is 0 Å². The minimum atomic E-state index is -0.703. The molecule has 2 amide bonds. The largest absolute Gasteiger partial charge is 0.394 e. The van der Waals surface area contributed by atoms with Crippen molar-refractivity contribution in [2.75, 3.05) is 6.61 Å². The van der Waals surface area contributed by atoms with Crippen LogP contribution in [-0.2, 0) is 11.3 Å². The first-order valence-electron chi connectivity index (χ1n) is 10.3. The van der Waals surface area contributed by atoms with E-state index >= 15 is 0 Å². The molecule has 3 aromatic rings. The molecule has 0 aliphatic carbocycles. The maximum absolute atomic E-state index is 13.1.